The molecule has 0 aromatic heterocycles. The minimum atomic E-state index is -0.463. The smallest absolute Gasteiger partial charge is 0.261 e. The number of carbonyl (C=O) groups is 1. The molecule has 1 aromatic carbocycles. The van der Waals surface area contributed by atoms with Gasteiger partial charge in [-0.05, 0) is 63.1 Å². The lowest BCUT2D eigenvalue weighted by molar-refractivity contribution is -0.130. The molecule has 0 aliphatic rings. The third-order valence-corrected chi connectivity index (χ3v) is 3.71. The van der Waals surface area contributed by atoms with Crippen molar-refractivity contribution >= 4 is 5.91 Å². The van der Waals surface area contributed by atoms with Crippen molar-refractivity contribution in [2.75, 3.05) is 0 Å². The molecule has 0 fully saturated rings. The van der Waals surface area contributed by atoms with Crippen LogP contribution in [0.25, 0.3) is 0 Å². The Labute approximate surface area is 141 Å². The normalized spacial score (nSPS) is 13.6. The molecule has 0 heterocycles. The van der Waals surface area contributed by atoms with E-state index >= 15 is 0 Å². The molecule has 1 aromatic rings. The average molecular weight is 319 g/mol. The second-order valence-corrected chi connectivity index (χ2v) is 8.39. The maximum absolute atomic E-state index is 12.6. The summed E-state index contributed by atoms with van der Waals surface area (Å²) >= 11 is 0. The zero-order valence-electron chi connectivity index (χ0n) is 16.0. The maximum Gasteiger partial charge on any atom is 0.261 e. The first kappa shape index (κ1) is 19.5. The molecule has 0 radical (unpaired) electrons. The second-order valence-electron chi connectivity index (χ2n) is 8.39. The van der Waals surface area contributed by atoms with Crippen molar-refractivity contribution in [1.29, 1.82) is 0 Å². The molecule has 0 aliphatic carbocycles. The molecule has 3 nitrogen and oxygen atoms in total. The fraction of sp³-hybridized carbons (Fsp3) is 0.650. The van der Waals surface area contributed by atoms with E-state index in [0.29, 0.717) is 6.42 Å². The highest BCUT2D eigenvalue weighted by Crippen LogP contribution is 2.27. The molecule has 1 amide bonds. The van der Waals surface area contributed by atoms with Gasteiger partial charge in [-0.1, -0.05) is 39.8 Å². The Balaban J connectivity index is 2.81. The summed E-state index contributed by atoms with van der Waals surface area (Å²) in [7, 11) is 0. The molecule has 1 atom stereocenters. The van der Waals surface area contributed by atoms with Crippen molar-refractivity contribution in [3.63, 3.8) is 0 Å². The van der Waals surface area contributed by atoms with E-state index in [1.807, 2.05) is 32.9 Å². The zero-order valence-corrected chi connectivity index (χ0v) is 16.0. The summed E-state index contributed by atoms with van der Waals surface area (Å²) in [6.07, 6.45) is 1.09. The summed E-state index contributed by atoms with van der Waals surface area (Å²) in [5, 5.41) is 3.15. The summed E-state index contributed by atoms with van der Waals surface area (Å²) in [6.45, 7) is 16.7. The Bertz CT molecular complexity index is 541. The van der Waals surface area contributed by atoms with Crippen molar-refractivity contribution in [2.45, 2.75) is 79.9 Å². The SMILES string of the molecule is CC[C@H](Oc1cc(C)ccc1C)C(=O)NC(C)(C)CC(C)(C)C. The highest BCUT2D eigenvalue weighted by molar-refractivity contribution is 5.81. The third kappa shape index (κ3) is 6.64. The molecule has 0 saturated heterocycles. The van der Waals surface area contributed by atoms with Gasteiger partial charge in [-0.25, -0.2) is 0 Å². The van der Waals surface area contributed by atoms with Gasteiger partial charge in [0, 0.05) is 5.54 Å². The highest BCUT2D eigenvalue weighted by atomic mass is 16.5. The number of aryl methyl sites for hydroxylation is 2. The van der Waals surface area contributed by atoms with Gasteiger partial charge in [0.15, 0.2) is 6.10 Å². The number of rotatable bonds is 6. The lowest BCUT2D eigenvalue weighted by atomic mass is 9.81. The van der Waals surface area contributed by atoms with E-state index in [-0.39, 0.29) is 16.9 Å². The Morgan fingerprint density at radius 1 is 1.17 bits per heavy atom. The van der Waals surface area contributed by atoms with Crippen molar-refractivity contribution in [2.24, 2.45) is 5.41 Å². The molecule has 0 spiro atoms. The van der Waals surface area contributed by atoms with Crippen molar-refractivity contribution in [1.82, 2.24) is 5.32 Å². The van der Waals surface area contributed by atoms with Gasteiger partial charge in [0.05, 0.1) is 0 Å². The number of hydrogen-bond donors (Lipinski definition) is 1. The molecule has 0 unspecified atom stereocenters. The van der Waals surface area contributed by atoms with Gasteiger partial charge in [0.1, 0.15) is 5.75 Å². The van der Waals surface area contributed by atoms with Crippen LogP contribution in [0.4, 0.5) is 0 Å². The topological polar surface area (TPSA) is 38.3 Å². The summed E-state index contributed by atoms with van der Waals surface area (Å²) < 4.78 is 6.00. The van der Waals surface area contributed by atoms with Crippen molar-refractivity contribution in [3.05, 3.63) is 29.3 Å². The lowest BCUT2D eigenvalue weighted by Crippen LogP contribution is -2.50. The number of hydrogen-bond acceptors (Lipinski definition) is 2. The van der Waals surface area contributed by atoms with Gasteiger partial charge in [-0.15, -0.1) is 0 Å². The molecular weight excluding hydrogens is 286 g/mol. The molecule has 130 valence electrons. The van der Waals surface area contributed by atoms with Crippen LogP contribution in [0.2, 0.25) is 0 Å². The Kier molecular flexibility index (Phi) is 6.26. The number of nitrogens with one attached hydrogen (secondary N) is 1. The van der Waals surface area contributed by atoms with Crippen LogP contribution in [0, 0.1) is 19.3 Å². The van der Waals surface area contributed by atoms with Crippen LogP contribution in [0.3, 0.4) is 0 Å². The van der Waals surface area contributed by atoms with Gasteiger partial charge in [-0.2, -0.15) is 0 Å². The largest absolute Gasteiger partial charge is 0.480 e. The van der Waals surface area contributed by atoms with Crippen LogP contribution in [0.5, 0.6) is 5.75 Å². The quantitative estimate of drug-likeness (QED) is 0.818. The van der Waals surface area contributed by atoms with E-state index in [9.17, 15) is 4.79 Å². The first-order valence-corrected chi connectivity index (χ1v) is 8.49. The van der Waals surface area contributed by atoms with E-state index < -0.39 is 6.10 Å². The molecule has 23 heavy (non-hydrogen) atoms. The van der Waals surface area contributed by atoms with Gasteiger partial charge >= 0.3 is 0 Å². The van der Waals surface area contributed by atoms with E-state index in [0.717, 1.165) is 23.3 Å². The van der Waals surface area contributed by atoms with Crippen molar-refractivity contribution in [3.8, 4) is 5.75 Å². The second kappa shape index (κ2) is 7.37. The summed E-state index contributed by atoms with van der Waals surface area (Å²) in [5.74, 6) is 0.753. The Morgan fingerprint density at radius 3 is 2.30 bits per heavy atom. The number of benzene rings is 1. The van der Waals surface area contributed by atoms with E-state index in [2.05, 4.69) is 46.0 Å². The van der Waals surface area contributed by atoms with Crippen LogP contribution in [0.15, 0.2) is 18.2 Å². The number of ether oxygens (including phenoxy) is 1. The van der Waals surface area contributed by atoms with E-state index in [1.165, 1.54) is 0 Å². The van der Waals surface area contributed by atoms with Crippen LogP contribution < -0.4 is 10.1 Å². The number of carbonyl (C=O) groups excluding carboxylic acids is 1. The summed E-state index contributed by atoms with van der Waals surface area (Å²) in [5.41, 5.74) is 2.09. The average Bonchev–Trinajstić information content (AvgIpc) is 2.35. The minimum absolute atomic E-state index is 0.0392. The molecule has 1 rings (SSSR count). The van der Waals surface area contributed by atoms with E-state index in [4.69, 9.17) is 4.74 Å². The van der Waals surface area contributed by atoms with Gasteiger partial charge in [0.2, 0.25) is 0 Å². The predicted molar refractivity (Wildman–Crippen MR) is 96.9 cm³/mol. The van der Waals surface area contributed by atoms with Crippen molar-refractivity contribution < 1.29 is 9.53 Å². The standard InChI is InChI=1S/C20H33NO2/c1-9-16(23-17-12-14(2)10-11-15(17)3)18(22)21-20(7,8)13-19(4,5)6/h10-12,16H,9,13H2,1-8H3,(H,21,22)/t16-/m0/s1. The predicted octanol–water partition coefficient (Wildman–Crippen LogP) is 4.79. The van der Waals surface area contributed by atoms with Crippen LogP contribution >= 0.6 is 0 Å². The Hall–Kier alpha value is -1.51. The molecule has 0 bridgehead atoms. The third-order valence-electron chi connectivity index (χ3n) is 3.71. The minimum Gasteiger partial charge on any atom is -0.480 e. The first-order chi connectivity index (χ1) is 10.4. The van der Waals surface area contributed by atoms with Gasteiger partial charge < -0.3 is 10.1 Å². The number of amides is 1. The molecule has 0 aliphatic heterocycles. The molecule has 0 saturated carbocycles. The summed E-state index contributed by atoms with van der Waals surface area (Å²) in [6, 6.07) is 6.07. The van der Waals surface area contributed by atoms with Crippen LogP contribution in [0.1, 0.15) is 65.5 Å². The lowest BCUT2D eigenvalue weighted by Gasteiger charge is -2.34. The zero-order chi connectivity index (χ0) is 17.8. The fourth-order valence-electron chi connectivity index (χ4n) is 3.09. The highest BCUT2D eigenvalue weighted by Gasteiger charge is 2.30. The van der Waals surface area contributed by atoms with E-state index in [1.54, 1.807) is 0 Å². The molecular formula is C20H33NO2. The van der Waals surface area contributed by atoms with Crippen LogP contribution in [-0.2, 0) is 4.79 Å². The molecule has 3 heteroatoms. The Morgan fingerprint density at radius 2 is 1.78 bits per heavy atom. The first-order valence-electron chi connectivity index (χ1n) is 8.49. The maximum atomic E-state index is 12.6. The van der Waals surface area contributed by atoms with Crippen LogP contribution in [-0.4, -0.2) is 17.6 Å². The molecule has 1 N–H and O–H groups in total. The fourth-order valence-corrected chi connectivity index (χ4v) is 3.09. The van der Waals surface area contributed by atoms with Gasteiger partial charge in [-0.3, -0.25) is 4.79 Å². The summed E-state index contributed by atoms with van der Waals surface area (Å²) in [4.78, 5) is 12.6. The monoisotopic (exact) mass is 319 g/mol. The van der Waals surface area contributed by atoms with Gasteiger partial charge in [0.25, 0.3) is 5.91 Å².